The normalized spacial score (nSPS) is 15.0. The molecule has 0 rings (SSSR count). The summed E-state index contributed by atoms with van der Waals surface area (Å²) in [5.74, 6) is 0. The first-order valence-corrected chi connectivity index (χ1v) is 3.85. The smallest absolute Gasteiger partial charge is 0.240 e. The van der Waals surface area contributed by atoms with Gasteiger partial charge < -0.3 is 14.2 Å². The number of alkyl halides is 3. The van der Waals surface area contributed by atoms with Gasteiger partial charge in [-0.1, -0.05) is 34.8 Å². The highest BCUT2D eigenvalue weighted by molar-refractivity contribution is 6.67. The summed E-state index contributed by atoms with van der Waals surface area (Å²) in [5, 5.41) is 0. The maximum atomic E-state index is 5.46. The fraction of sp³-hybridized carbons (Fsp3) is 1.00. The van der Waals surface area contributed by atoms with Crippen molar-refractivity contribution >= 4 is 34.8 Å². The number of methoxy groups -OCH3 is 2. The van der Waals surface area contributed by atoms with Gasteiger partial charge >= 0.3 is 0 Å². The van der Waals surface area contributed by atoms with Crippen molar-refractivity contribution in [3.8, 4) is 0 Å². The summed E-state index contributed by atoms with van der Waals surface area (Å²) in [7, 11) is 2.84. The minimum absolute atomic E-state index is 0.0203. The molecule has 0 N–H and O–H groups in total. The Labute approximate surface area is 80.4 Å². The molecule has 0 aliphatic heterocycles. The average Bonchev–Trinajstić information content (AvgIpc) is 1.87. The summed E-state index contributed by atoms with van der Waals surface area (Å²) >= 11 is 16.4. The first kappa shape index (κ1) is 11.8. The molecule has 0 aromatic heterocycles. The van der Waals surface area contributed by atoms with E-state index in [1.165, 1.54) is 14.2 Å². The highest BCUT2D eigenvalue weighted by Crippen LogP contribution is 2.32. The van der Waals surface area contributed by atoms with Crippen LogP contribution < -0.4 is 0 Å². The summed E-state index contributed by atoms with van der Waals surface area (Å²) in [6, 6.07) is 0. The zero-order valence-electron chi connectivity index (χ0n) is 6.14. The van der Waals surface area contributed by atoms with E-state index in [9.17, 15) is 0 Å². The lowest BCUT2D eigenvalue weighted by Crippen LogP contribution is -2.31. The minimum atomic E-state index is -1.59. The van der Waals surface area contributed by atoms with Gasteiger partial charge in [-0.2, -0.15) is 0 Å². The van der Waals surface area contributed by atoms with Crippen molar-refractivity contribution in [1.82, 2.24) is 0 Å². The van der Waals surface area contributed by atoms with E-state index in [-0.39, 0.29) is 6.79 Å². The van der Waals surface area contributed by atoms with Gasteiger partial charge in [-0.3, -0.25) is 0 Å². The molecule has 0 aliphatic rings. The van der Waals surface area contributed by atoms with Crippen LogP contribution in [0.3, 0.4) is 0 Å². The molecule has 1 atom stereocenters. The Hall–Kier alpha value is 0.750. The fourth-order valence-electron chi connectivity index (χ4n) is 0.426. The Balaban J connectivity index is 3.76. The average molecular weight is 223 g/mol. The summed E-state index contributed by atoms with van der Waals surface area (Å²) in [6.45, 7) is 0.0203. The maximum Gasteiger partial charge on any atom is 0.240 e. The highest BCUT2D eigenvalue weighted by atomic mass is 35.6. The molecular formula is C5H9Cl3O3. The van der Waals surface area contributed by atoms with Crippen molar-refractivity contribution < 1.29 is 14.2 Å². The van der Waals surface area contributed by atoms with E-state index in [0.29, 0.717) is 0 Å². The molecule has 0 saturated heterocycles. The van der Waals surface area contributed by atoms with Gasteiger partial charge in [0.05, 0.1) is 0 Å². The molecule has 0 aromatic rings. The fourth-order valence-corrected chi connectivity index (χ4v) is 0.882. The molecule has 0 aromatic carbocycles. The molecule has 0 heterocycles. The van der Waals surface area contributed by atoms with Crippen LogP contribution in [0.5, 0.6) is 0 Å². The van der Waals surface area contributed by atoms with Gasteiger partial charge in [0, 0.05) is 14.2 Å². The third kappa shape index (κ3) is 5.06. The lowest BCUT2D eigenvalue weighted by molar-refractivity contribution is -0.173. The van der Waals surface area contributed by atoms with E-state index in [1.54, 1.807) is 0 Å². The summed E-state index contributed by atoms with van der Waals surface area (Å²) in [4.78, 5) is 0. The van der Waals surface area contributed by atoms with E-state index in [0.717, 1.165) is 0 Å². The molecule has 0 aliphatic carbocycles. The molecule has 0 spiro atoms. The van der Waals surface area contributed by atoms with Crippen LogP contribution in [0.15, 0.2) is 0 Å². The molecule has 0 bridgehead atoms. The van der Waals surface area contributed by atoms with Gasteiger partial charge in [0.15, 0.2) is 0 Å². The zero-order chi connectivity index (χ0) is 8.91. The van der Waals surface area contributed by atoms with E-state index >= 15 is 0 Å². The molecule has 0 radical (unpaired) electrons. The molecular weight excluding hydrogens is 214 g/mol. The summed E-state index contributed by atoms with van der Waals surface area (Å²) in [6.07, 6.45) is -0.910. The van der Waals surface area contributed by atoms with Crippen LogP contribution in [0, 0.1) is 0 Å². The van der Waals surface area contributed by atoms with Gasteiger partial charge in [-0.05, 0) is 0 Å². The number of ether oxygens (including phenoxy) is 3. The van der Waals surface area contributed by atoms with Crippen molar-refractivity contribution in [3.05, 3.63) is 0 Å². The SMILES string of the molecule is COCOC(OC)C(Cl)(Cl)Cl. The molecule has 1 unspecified atom stereocenters. The third-order valence-corrected chi connectivity index (χ3v) is 1.35. The number of hydrogen-bond acceptors (Lipinski definition) is 3. The zero-order valence-corrected chi connectivity index (χ0v) is 8.41. The second-order valence-corrected chi connectivity index (χ2v) is 4.05. The highest BCUT2D eigenvalue weighted by Gasteiger charge is 2.33. The van der Waals surface area contributed by atoms with Crippen molar-refractivity contribution in [2.75, 3.05) is 21.0 Å². The Bertz CT molecular complexity index is 104. The predicted molar refractivity (Wildman–Crippen MR) is 44.0 cm³/mol. The van der Waals surface area contributed by atoms with Crippen molar-refractivity contribution in [2.45, 2.75) is 10.1 Å². The quantitative estimate of drug-likeness (QED) is 0.539. The molecule has 11 heavy (non-hydrogen) atoms. The van der Waals surface area contributed by atoms with Crippen LogP contribution in [0.4, 0.5) is 0 Å². The summed E-state index contributed by atoms with van der Waals surface area (Å²) < 4.78 is 12.6. The van der Waals surface area contributed by atoms with E-state index in [1.807, 2.05) is 0 Å². The lowest BCUT2D eigenvalue weighted by Gasteiger charge is -2.22. The molecule has 0 saturated carbocycles. The Morgan fingerprint density at radius 2 is 1.82 bits per heavy atom. The molecule has 3 nitrogen and oxygen atoms in total. The monoisotopic (exact) mass is 222 g/mol. The van der Waals surface area contributed by atoms with Gasteiger partial charge in [-0.15, -0.1) is 0 Å². The van der Waals surface area contributed by atoms with Crippen molar-refractivity contribution in [1.29, 1.82) is 0 Å². The van der Waals surface area contributed by atoms with E-state index in [2.05, 4.69) is 4.74 Å². The van der Waals surface area contributed by atoms with Crippen LogP contribution in [0.2, 0.25) is 0 Å². The van der Waals surface area contributed by atoms with Crippen molar-refractivity contribution in [2.24, 2.45) is 0 Å². The molecule has 0 fully saturated rings. The van der Waals surface area contributed by atoms with Gasteiger partial charge in [0.1, 0.15) is 6.79 Å². The lowest BCUT2D eigenvalue weighted by atomic mass is 10.7. The van der Waals surface area contributed by atoms with Crippen molar-refractivity contribution in [3.63, 3.8) is 0 Å². The Morgan fingerprint density at radius 3 is 2.09 bits per heavy atom. The largest absolute Gasteiger partial charge is 0.359 e. The maximum absolute atomic E-state index is 5.46. The Kier molecular flexibility index (Phi) is 5.77. The minimum Gasteiger partial charge on any atom is -0.359 e. The topological polar surface area (TPSA) is 27.7 Å². The van der Waals surface area contributed by atoms with E-state index in [4.69, 9.17) is 44.3 Å². The van der Waals surface area contributed by atoms with Gasteiger partial charge in [-0.25, -0.2) is 0 Å². The predicted octanol–water partition coefficient (Wildman–Crippen LogP) is 1.95. The van der Waals surface area contributed by atoms with Crippen LogP contribution in [-0.2, 0) is 14.2 Å². The van der Waals surface area contributed by atoms with Gasteiger partial charge in [0.2, 0.25) is 10.1 Å². The first-order chi connectivity index (χ1) is 5.02. The number of hydrogen-bond donors (Lipinski definition) is 0. The molecule has 68 valence electrons. The van der Waals surface area contributed by atoms with E-state index < -0.39 is 10.1 Å². The number of rotatable bonds is 4. The van der Waals surface area contributed by atoms with Crippen LogP contribution in [0.25, 0.3) is 0 Å². The molecule has 0 amide bonds. The Morgan fingerprint density at radius 1 is 1.27 bits per heavy atom. The van der Waals surface area contributed by atoms with Crippen LogP contribution in [0.1, 0.15) is 0 Å². The molecule has 6 heteroatoms. The van der Waals surface area contributed by atoms with Crippen LogP contribution >= 0.6 is 34.8 Å². The van der Waals surface area contributed by atoms with Gasteiger partial charge in [0.25, 0.3) is 0 Å². The third-order valence-electron chi connectivity index (χ3n) is 0.819. The second kappa shape index (κ2) is 5.41. The standard InChI is InChI=1S/C5H9Cl3O3/c1-9-3-11-4(10-2)5(6,7)8/h4H,3H2,1-2H3. The first-order valence-electron chi connectivity index (χ1n) is 2.72. The number of halogens is 3. The second-order valence-electron chi connectivity index (χ2n) is 1.68. The summed E-state index contributed by atoms with van der Waals surface area (Å²) in [5.41, 5.74) is 0. The van der Waals surface area contributed by atoms with Crippen LogP contribution in [-0.4, -0.2) is 31.1 Å².